The lowest BCUT2D eigenvalue weighted by atomic mass is 10.1. The Bertz CT molecular complexity index is 1020. The lowest BCUT2D eigenvalue weighted by molar-refractivity contribution is -0.114. The molecule has 0 aromatic heterocycles. The Hall–Kier alpha value is -2.70. The van der Waals surface area contributed by atoms with Crippen LogP contribution in [0.25, 0.3) is 6.08 Å². The summed E-state index contributed by atoms with van der Waals surface area (Å²) in [7, 11) is 0. The molecule has 0 unspecified atom stereocenters. The van der Waals surface area contributed by atoms with Crippen LogP contribution in [0.1, 0.15) is 16.7 Å². The maximum absolute atomic E-state index is 12.4. The molecule has 2 aromatic rings. The molecule has 4 rings (SSSR count). The van der Waals surface area contributed by atoms with E-state index >= 15 is 0 Å². The standard InChI is InChI=1S/C20H15ClN4OS/c1-12-2-4-13(5-3-12)10-16-18(22)25-20(23-19(16)26)27-17(24-25)11-14-6-8-15(21)9-7-14/h2-10,22H,11H2,1H3/b16-10-,22-18?. The molecule has 1 amide bonds. The third kappa shape index (κ3) is 3.72. The van der Waals surface area contributed by atoms with Gasteiger partial charge in [0.25, 0.3) is 5.91 Å². The van der Waals surface area contributed by atoms with Crippen molar-refractivity contribution in [3.8, 4) is 0 Å². The molecule has 0 radical (unpaired) electrons. The minimum absolute atomic E-state index is 0.0455. The molecule has 0 saturated carbocycles. The number of hydrazone groups is 1. The lowest BCUT2D eigenvalue weighted by Gasteiger charge is -2.20. The molecule has 2 aromatic carbocycles. The van der Waals surface area contributed by atoms with Crippen LogP contribution < -0.4 is 0 Å². The Morgan fingerprint density at radius 3 is 2.56 bits per heavy atom. The fraction of sp³-hybridized carbons (Fsp3) is 0.100. The zero-order valence-corrected chi connectivity index (χ0v) is 16.0. The second-order valence-electron chi connectivity index (χ2n) is 6.23. The fourth-order valence-corrected chi connectivity index (χ4v) is 3.75. The van der Waals surface area contributed by atoms with E-state index in [4.69, 9.17) is 17.0 Å². The Morgan fingerprint density at radius 1 is 1.15 bits per heavy atom. The Balaban J connectivity index is 1.59. The van der Waals surface area contributed by atoms with Gasteiger partial charge in [0.2, 0.25) is 5.17 Å². The van der Waals surface area contributed by atoms with Crippen molar-refractivity contribution >= 4 is 51.4 Å². The van der Waals surface area contributed by atoms with Crippen LogP contribution in [0, 0.1) is 12.3 Å². The van der Waals surface area contributed by atoms with Crippen LogP contribution in [-0.4, -0.2) is 27.0 Å². The van der Waals surface area contributed by atoms with E-state index in [2.05, 4.69) is 10.1 Å². The highest BCUT2D eigenvalue weighted by atomic mass is 35.5. The van der Waals surface area contributed by atoms with Crippen molar-refractivity contribution < 1.29 is 4.79 Å². The Labute approximate surface area is 166 Å². The first-order valence-electron chi connectivity index (χ1n) is 8.30. The summed E-state index contributed by atoms with van der Waals surface area (Å²) in [6.07, 6.45) is 2.28. The van der Waals surface area contributed by atoms with Gasteiger partial charge in [-0.1, -0.05) is 53.6 Å². The molecular weight excluding hydrogens is 380 g/mol. The van der Waals surface area contributed by atoms with Crippen molar-refractivity contribution in [2.24, 2.45) is 10.1 Å². The minimum Gasteiger partial charge on any atom is -0.282 e. The van der Waals surface area contributed by atoms with Crippen molar-refractivity contribution in [3.05, 3.63) is 75.8 Å². The molecule has 0 aliphatic carbocycles. The first-order chi connectivity index (χ1) is 13.0. The van der Waals surface area contributed by atoms with Gasteiger partial charge in [0.1, 0.15) is 5.04 Å². The van der Waals surface area contributed by atoms with E-state index < -0.39 is 5.91 Å². The Kier molecular flexibility index (Phi) is 4.68. The molecule has 0 bridgehead atoms. The summed E-state index contributed by atoms with van der Waals surface area (Å²) in [5.41, 5.74) is 3.28. The third-order valence-electron chi connectivity index (χ3n) is 4.15. The van der Waals surface area contributed by atoms with Crippen molar-refractivity contribution in [1.29, 1.82) is 5.41 Å². The van der Waals surface area contributed by atoms with Gasteiger partial charge in [-0.2, -0.15) is 15.1 Å². The number of carbonyl (C=O) groups is 1. The van der Waals surface area contributed by atoms with E-state index in [0.717, 1.165) is 21.7 Å². The number of amidine groups is 2. The topological polar surface area (TPSA) is 68.9 Å². The third-order valence-corrected chi connectivity index (χ3v) is 5.31. The van der Waals surface area contributed by atoms with Gasteiger partial charge < -0.3 is 0 Å². The predicted molar refractivity (Wildman–Crippen MR) is 111 cm³/mol. The van der Waals surface area contributed by atoms with Crippen LogP contribution in [0.4, 0.5) is 0 Å². The predicted octanol–water partition coefficient (Wildman–Crippen LogP) is 4.51. The second-order valence-corrected chi connectivity index (χ2v) is 7.70. The summed E-state index contributed by atoms with van der Waals surface area (Å²) in [6, 6.07) is 15.3. The first-order valence-corrected chi connectivity index (χ1v) is 9.49. The number of hydrogen-bond donors (Lipinski definition) is 1. The van der Waals surface area contributed by atoms with Crippen molar-refractivity contribution in [2.75, 3.05) is 0 Å². The molecule has 0 fully saturated rings. The summed E-state index contributed by atoms with van der Waals surface area (Å²) >= 11 is 7.23. The second kappa shape index (κ2) is 7.13. The number of thioether (sulfide) groups is 1. The number of aliphatic imine (C=N–C) groups is 1. The number of carbonyl (C=O) groups excluding carboxylic acids is 1. The number of benzene rings is 2. The molecule has 0 atom stereocenters. The molecule has 2 aliphatic heterocycles. The highest BCUT2D eigenvalue weighted by Gasteiger charge is 2.35. The zero-order chi connectivity index (χ0) is 19.0. The van der Waals surface area contributed by atoms with Crippen LogP contribution in [0.3, 0.4) is 0 Å². The van der Waals surface area contributed by atoms with E-state index in [0.29, 0.717) is 16.6 Å². The van der Waals surface area contributed by atoms with Gasteiger partial charge in [0, 0.05) is 11.4 Å². The number of rotatable bonds is 3. The van der Waals surface area contributed by atoms with E-state index in [1.165, 1.54) is 16.8 Å². The molecule has 134 valence electrons. The van der Waals surface area contributed by atoms with E-state index in [1.807, 2.05) is 55.5 Å². The first kappa shape index (κ1) is 17.7. The quantitative estimate of drug-likeness (QED) is 0.778. The van der Waals surface area contributed by atoms with Crippen molar-refractivity contribution in [3.63, 3.8) is 0 Å². The number of nitrogens with one attached hydrogen (secondary N) is 1. The SMILES string of the molecule is Cc1ccc(/C=C2/C(=N)N3N=C(Cc4ccc(Cl)cc4)SC3=NC2=O)cc1. The van der Waals surface area contributed by atoms with Gasteiger partial charge in [-0.15, -0.1) is 0 Å². The summed E-state index contributed by atoms with van der Waals surface area (Å²) in [4.78, 5) is 16.5. The molecule has 7 heteroatoms. The summed E-state index contributed by atoms with van der Waals surface area (Å²) in [5.74, 6) is -0.369. The smallest absolute Gasteiger partial charge is 0.282 e. The number of nitrogens with zero attached hydrogens (tertiary/aromatic N) is 3. The average molecular weight is 395 g/mol. The molecule has 2 heterocycles. The number of fused-ring (bicyclic) bond motifs is 1. The maximum Gasteiger partial charge on any atom is 0.283 e. The number of hydrogen-bond acceptors (Lipinski definition) is 4. The highest BCUT2D eigenvalue weighted by Crippen LogP contribution is 2.29. The van der Waals surface area contributed by atoms with Crippen LogP contribution in [-0.2, 0) is 11.2 Å². The number of aryl methyl sites for hydroxylation is 1. The van der Waals surface area contributed by atoms with E-state index in [1.54, 1.807) is 6.08 Å². The van der Waals surface area contributed by atoms with Gasteiger partial charge in [-0.3, -0.25) is 10.2 Å². The average Bonchev–Trinajstić information content (AvgIpc) is 3.04. The zero-order valence-electron chi connectivity index (χ0n) is 14.4. The minimum atomic E-state index is -0.415. The maximum atomic E-state index is 12.4. The monoisotopic (exact) mass is 394 g/mol. The van der Waals surface area contributed by atoms with Crippen LogP contribution in [0.2, 0.25) is 5.02 Å². The molecule has 27 heavy (non-hydrogen) atoms. The van der Waals surface area contributed by atoms with Crippen LogP contribution >= 0.6 is 23.4 Å². The number of amides is 1. The molecule has 0 spiro atoms. The fourth-order valence-electron chi connectivity index (χ4n) is 2.71. The highest BCUT2D eigenvalue weighted by molar-refractivity contribution is 8.26. The van der Waals surface area contributed by atoms with Gasteiger partial charge in [-0.25, -0.2) is 0 Å². The summed E-state index contributed by atoms with van der Waals surface area (Å²) in [6.45, 7) is 2.00. The molecule has 2 aliphatic rings. The van der Waals surface area contributed by atoms with E-state index in [9.17, 15) is 4.79 Å². The van der Waals surface area contributed by atoms with Crippen LogP contribution in [0.15, 0.2) is 64.2 Å². The van der Waals surface area contributed by atoms with Gasteiger partial charge in [0.05, 0.1) is 5.57 Å². The normalized spacial score (nSPS) is 17.9. The van der Waals surface area contributed by atoms with E-state index in [-0.39, 0.29) is 11.4 Å². The molecule has 0 saturated heterocycles. The van der Waals surface area contributed by atoms with Gasteiger partial charge in [-0.05, 0) is 48.0 Å². The largest absolute Gasteiger partial charge is 0.283 e. The lowest BCUT2D eigenvalue weighted by Crippen LogP contribution is -2.35. The Morgan fingerprint density at radius 2 is 1.85 bits per heavy atom. The van der Waals surface area contributed by atoms with Gasteiger partial charge in [0.15, 0.2) is 5.84 Å². The van der Waals surface area contributed by atoms with Gasteiger partial charge >= 0.3 is 0 Å². The molecular formula is C20H15ClN4OS. The van der Waals surface area contributed by atoms with Crippen LogP contribution in [0.5, 0.6) is 0 Å². The van der Waals surface area contributed by atoms with Crippen molar-refractivity contribution in [1.82, 2.24) is 5.01 Å². The molecule has 5 nitrogen and oxygen atoms in total. The summed E-state index contributed by atoms with van der Waals surface area (Å²) in [5, 5.41) is 16.2. The summed E-state index contributed by atoms with van der Waals surface area (Å²) < 4.78 is 0. The number of halogens is 1. The molecule has 1 N–H and O–H groups in total. The van der Waals surface area contributed by atoms with Crippen molar-refractivity contribution in [2.45, 2.75) is 13.3 Å².